The normalized spacial score (nSPS) is 22.0. The number of hydrogen-bond acceptors (Lipinski definition) is 5. The molecule has 106 valence electrons. The fourth-order valence-corrected chi connectivity index (χ4v) is 3.01. The van der Waals surface area contributed by atoms with Gasteiger partial charge in [-0.3, -0.25) is 4.98 Å². The maximum atomic E-state index is 9.95. The highest BCUT2D eigenvalue weighted by molar-refractivity contribution is 5.92. The summed E-state index contributed by atoms with van der Waals surface area (Å²) in [5, 5.41) is 16.1. The third-order valence-corrected chi connectivity index (χ3v) is 4.12. The Morgan fingerprint density at radius 2 is 2.05 bits per heavy atom. The molecule has 1 aromatic carbocycles. The van der Waals surface area contributed by atoms with Crippen LogP contribution in [0.1, 0.15) is 31.1 Å². The number of hydrogen-bond donors (Lipinski definition) is 1. The van der Waals surface area contributed by atoms with E-state index in [1.54, 1.807) is 6.20 Å². The lowest BCUT2D eigenvalue weighted by Crippen LogP contribution is -2.11. The van der Waals surface area contributed by atoms with Crippen LogP contribution in [0.5, 0.6) is 0 Å². The second kappa shape index (κ2) is 4.93. The molecule has 1 aliphatic carbocycles. The molecule has 4 rings (SSSR count). The average Bonchev–Trinajstić information content (AvgIpc) is 3.15. The molecule has 1 aliphatic rings. The van der Waals surface area contributed by atoms with Gasteiger partial charge in [0.25, 0.3) is 0 Å². The zero-order valence-electron chi connectivity index (χ0n) is 11.4. The standard InChI is InChI=1S/C16H15N3O2/c20-13-7-3-6-12(13)16-18-15(19-21-16)14-11-5-2-1-4-10(11)8-9-17-14/h1-2,4-5,8-9,12-13,20H,3,6-7H2. The van der Waals surface area contributed by atoms with Crippen molar-refractivity contribution in [2.75, 3.05) is 0 Å². The Hall–Kier alpha value is -2.27. The molecule has 21 heavy (non-hydrogen) atoms. The van der Waals surface area contributed by atoms with Crippen molar-refractivity contribution in [1.82, 2.24) is 15.1 Å². The van der Waals surface area contributed by atoms with E-state index < -0.39 is 0 Å². The van der Waals surface area contributed by atoms with E-state index in [1.165, 1.54) is 0 Å². The number of aliphatic hydroxyl groups excluding tert-OH is 1. The molecular formula is C16H15N3O2. The van der Waals surface area contributed by atoms with Crippen molar-refractivity contribution in [2.45, 2.75) is 31.3 Å². The highest BCUT2D eigenvalue weighted by atomic mass is 16.5. The van der Waals surface area contributed by atoms with Gasteiger partial charge in [0.05, 0.1) is 12.0 Å². The molecule has 1 fully saturated rings. The summed E-state index contributed by atoms with van der Waals surface area (Å²) < 4.78 is 5.36. The van der Waals surface area contributed by atoms with Gasteiger partial charge in [-0.15, -0.1) is 0 Å². The van der Waals surface area contributed by atoms with Crippen LogP contribution in [0.15, 0.2) is 41.1 Å². The summed E-state index contributed by atoms with van der Waals surface area (Å²) in [5.74, 6) is 0.965. The van der Waals surface area contributed by atoms with Gasteiger partial charge in [-0.05, 0) is 30.7 Å². The first-order chi connectivity index (χ1) is 10.3. The van der Waals surface area contributed by atoms with Crippen LogP contribution in [-0.4, -0.2) is 26.3 Å². The number of pyridine rings is 1. The molecule has 0 saturated heterocycles. The van der Waals surface area contributed by atoms with Crippen LogP contribution in [0.25, 0.3) is 22.3 Å². The van der Waals surface area contributed by atoms with Gasteiger partial charge in [-0.1, -0.05) is 29.4 Å². The molecule has 1 saturated carbocycles. The Kier molecular flexibility index (Phi) is 2.93. The number of benzene rings is 1. The summed E-state index contributed by atoms with van der Waals surface area (Å²) in [5.41, 5.74) is 0.718. The monoisotopic (exact) mass is 281 g/mol. The minimum atomic E-state index is -0.376. The third-order valence-electron chi connectivity index (χ3n) is 4.12. The SMILES string of the molecule is OC1CCCC1c1nc(-c2nccc3ccccc23)no1. The molecule has 0 spiro atoms. The first-order valence-corrected chi connectivity index (χ1v) is 7.19. The second-order valence-electron chi connectivity index (χ2n) is 5.44. The molecule has 1 N–H and O–H groups in total. The Bertz CT molecular complexity index is 779. The van der Waals surface area contributed by atoms with E-state index in [0.29, 0.717) is 11.7 Å². The van der Waals surface area contributed by atoms with Crippen molar-refractivity contribution in [2.24, 2.45) is 0 Å². The van der Waals surface area contributed by atoms with Gasteiger partial charge >= 0.3 is 0 Å². The van der Waals surface area contributed by atoms with E-state index in [1.807, 2.05) is 30.3 Å². The highest BCUT2D eigenvalue weighted by Crippen LogP contribution is 2.34. The van der Waals surface area contributed by atoms with Crippen molar-refractivity contribution in [1.29, 1.82) is 0 Å². The third kappa shape index (κ3) is 2.10. The van der Waals surface area contributed by atoms with Crippen LogP contribution in [-0.2, 0) is 0 Å². The molecule has 0 radical (unpaired) electrons. The van der Waals surface area contributed by atoms with Crippen LogP contribution in [0.3, 0.4) is 0 Å². The van der Waals surface area contributed by atoms with Crippen molar-refractivity contribution in [3.05, 3.63) is 42.4 Å². The highest BCUT2D eigenvalue weighted by Gasteiger charge is 2.31. The Morgan fingerprint density at radius 1 is 1.14 bits per heavy atom. The molecule has 3 aromatic rings. The summed E-state index contributed by atoms with van der Waals surface area (Å²) >= 11 is 0. The molecule has 2 atom stereocenters. The van der Waals surface area contributed by atoms with Crippen molar-refractivity contribution in [3.8, 4) is 11.5 Å². The maximum Gasteiger partial charge on any atom is 0.232 e. The Morgan fingerprint density at radius 3 is 2.90 bits per heavy atom. The van der Waals surface area contributed by atoms with Gasteiger partial charge in [-0.2, -0.15) is 4.98 Å². The quantitative estimate of drug-likeness (QED) is 0.782. The largest absolute Gasteiger partial charge is 0.392 e. The van der Waals surface area contributed by atoms with Gasteiger partial charge in [0.2, 0.25) is 11.7 Å². The fraction of sp³-hybridized carbons (Fsp3) is 0.312. The van der Waals surface area contributed by atoms with E-state index in [9.17, 15) is 5.11 Å². The van der Waals surface area contributed by atoms with Gasteiger partial charge in [0.15, 0.2) is 0 Å². The first kappa shape index (κ1) is 12.5. The minimum Gasteiger partial charge on any atom is -0.392 e. The van der Waals surface area contributed by atoms with Gasteiger partial charge < -0.3 is 9.63 Å². The molecule has 2 heterocycles. The lowest BCUT2D eigenvalue weighted by molar-refractivity contribution is 0.148. The Labute approximate surface area is 121 Å². The molecule has 0 bridgehead atoms. The maximum absolute atomic E-state index is 9.95. The summed E-state index contributed by atoms with van der Waals surface area (Å²) in [7, 11) is 0. The number of aliphatic hydroxyl groups is 1. The van der Waals surface area contributed by atoms with Gasteiger partial charge in [0.1, 0.15) is 5.69 Å². The van der Waals surface area contributed by atoms with E-state index in [4.69, 9.17) is 4.52 Å². The summed E-state index contributed by atoms with van der Waals surface area (Å²) in [4.78, 5) is 8.85. The number of nitrogens with zero attached hydrogens (tertiary/aromatic N) is 3. The zero-order valence-corrected chi connectivity index (χ0v) is 11.4. The predicted octanol–water partition coefficient (Wildman–Crippen LogP) is 2.91. The zero-order chi connectivity index (χ0) is 14.2. The van der Waals surface area contributed by atoms with Crippen LogP contribution in [0.4, 0.5) is 0 Å². The van der Waals surface area contributed by atoms with Crippen molar-refractivity contribution >= 4 is 10.8 Å². The summed E-state index contributed by atoms with van der Waals surface area (Å²) in [6.45, 7) is 0. The average molecular weight is 281 g/mol. The topological polar surface area (TPSA) is 72.0 Å². The van der Waals surface area contributed by atoms with Gasteiger partial charge in [-0.25, -0.2) is 0 Å². The first-order valence-electron chi connectivity index (χ1n) is 7.19. The molecule has 5 nitrogen and oxygen atoms in total. The van der Waals surface area contributed by atoms with Crippen LogP contribution >= 0.6 is 0 Å². The molecule has 0 amide bonds. The van der Waals surface area contributed by atoms with Gasteiger partial charge in [0, 0.05) is 11.6 Å². The summed E-state index contributed by atoms with van der Waals surface area (Å²) in [6.07, 6.45) is 4.06. The number of fused-ring (bicyclic) bond motifs is 1. The lowest BCUT2D eigenvalue weighted by Gasteiger charge is -2.07. The van der Waals surface area contributed by atoms with Crippen LogP contribution in [0, 0.1) is 0 Å². The fourth-order valence-electron chi connectivity index (χ4n) is 3.01. The van der Waals surface area contributed by atoms with E-state index in [-0.39, 0.29) is 12.0 Å². The molecule has 2 aromatic heterocycles. The summed E-state index contributed by atoms with van der Waals surface area (Å²) in [6, 6.07) is 9.94. The lowest BCUT2D eigenvalue weighted by atomic mass is 10.1. The number of rotatable bonds is 2. The van der Waals surface area contributed by atoms with Crippen LogP contribution in [0.2, 0.25) is 0 Å². The number of aromatic nitrogens is 3. The van der Waals surface area contributed by atoms with E-state index in [2.05, 4.69) is 15.1 Å². The van der Waals surface area contributed by atoms with E-state index in [0.717, 1.165) is 35.7 Å². The van der Waals surface area contributed by atoms with Crippen molar-refractivity contribution in [3.63, 3.8) is 0 Å². The minimum absolute atomic E-state index is 0.0405. The van der Waals surface area contributed by atoms with Crippen LogP contribution < -0.4 is 0 Å². The molecule has 5 heteroatoms. The second-order valence-corrected chi connectivity index (χ2v) is 5.44. The molecule has 0 aliphatic heterocycles. The predicted molar refractivity (Wildman–Crippen MR) is 77.6 cm³/mol. The van der Waals surface area contributed by atoms with Crippen molar-refractivity contribution < 1.29 is 9.63 Å². The molecule has 2 unspecified atom stereocenters. The Balaban J connectivity index is 1.78. The van der Waals surface area contributed by atoms with E-state index >= 15 is 0 Å². The smallest absolute Gasteiger partial charge is 0.232 e. The molecular weight excluding hydrogens is 266 g/mol.